The van der Waals surface area contributed by atoms with Gasteiger partial charge in [0.2, 0.25) is 17.7 Å². The Labute approximate surface area is 359 Å². The van der Waals surface area contributed by atoms with Gasteiger partial charge in [-0.3, -0.25) is 29.5 Å². The summed E-state index contributed by atoms with van der Waals surface area (Å²) in [5.74, 6) is -4.90. The zero-order valence-corrected chi connectivity index (χ0v) is 34.2. The quantitative estimate of drug-likeness (QED) is 0.112. The van der Waals surface area contributed by atoms with Gasteiger partial charge in [-0.1, -0.05) is 65.2 Å². The monoisotopic (exact) mass is 854 g/mol. The van der Waals surface area contributed by atoms with Gasteiger partial charge < -0.3 is 19.0 Å². The molecule has 3 heterocycles. The molecule has 4 amide bonds. The predicted molar refractivity (Wildman–Crippen MR) is 227 cm³/mol. The first kappa shape index (κ1) is 38.6. The van der Waals surface area contributed by atoms with Crippen LogP contribution >= 0.6 is 23.2 Å². The third-order valence-corrected chi connectivity index (χ3v) is 13.3. The van der Waals surface area contributed by atoms with E-state index in [1.54, 1.807) is 72.8 Å². The summed E-state index contributed by atoms with van der Waals surface area (Å²) in [6.07, 6.45) is 2.26. The van der Waals surface area contributed by atoms with Gasteiger partial charge in [-0.2, -0.15) is 5.01 Å². The topological polar surface area (TPSA) is 152 Å². The molecule has 5 aromatic carbocycles. The van der Waals surface area contributed by atoms with Crippen molar-refractivity contribution in [2.45, 2.75) is 24.2 Å². The Kier molecular flexibility index (Phi) is 9.19. The van der Waals surface area contributed by atoms with E-state index in [0.717, 1.165) is 10.6 Å². The summed E-state index contributed by atoms with van der Waals surface area (Å²) in [6.45, 7) is 0. The molecule has 1 aromatic heterocycles. The molecule has 10 rings (SSSR count). The smallest absolute Gasteiger partial charge is 0.260 e. The van der Waals surface area contributed by atoms with Crippen LogP contribution in [0.4, 0.5) is 11.4 Å². The van der Waals surface area contributed by atoms with Gasteiger partial charge in [-0.15, -0.1) is 0 Å². The summed E-state index contributed by atoms with van der Waals surface area (Å²) in [5, 5.41) is 12.3. The first-order valence-corrected chi connectivity index (χ1v) is 20.4. The lowest BCUT2D eigenvalue weighted by Gasteiger charge is -2.50. The van der Waals surface area contributed by atoms with Crippen molar-refractivity contribution in [3.05, 3.63) is 142 Å². The number of aromatic nitrogens is 1. The number of nitrogens with zero attached hydrogens (tertiary/aromatic N) is 3. The van der Waals surface area contributed by atoms with Gasteiger partial charge in [0, 0.05) is 16.5 Å². The number of imide groups is 2. The zero-order chi connectivity index (χ0) is 42.3. The summed E-state index contributed by atoms with van der Waals surface area (Å²) in [4.78, 5) is 65.7. The van der Waals surface area contributed by atoms with Gasteiger partial charge in [-0.05, 0) is 109 Å². The second kappa shape index (κ2) is 14.5. The van der Waals surface area contributed by atoms with Gasteiger partial charge in [0.15, 0.2) is 17.1 Å². The summed E-state index contributed by atoms with van der Waals surface area (Å²) in [5.41, 5.74) is 5.98. The van der Waals surface area contributed by atoms with E-state index in [-0.39, 0.29) is 46.9 Å². The molecule has 4 aliphatic rings. The number of hydrogen-bond acceptors (Lipinski definition) is 10. The van der Waals surface area contributed by atoms with Crippen LogP contribution in [-0.4, -0.2) is 52.9 Å². The third kappa shape index (κ3) is 5.83. The van der Waals surface area contributed by atoms with E-state index in [1.165, 1.54) is 31.3 Å². The maximum absolute atomic E-state index is 15.5. The van der Waals surface area contributed by atoms with Crippen LogP contribution in [0.5, 0.6) is 17.2 Å². The number of amides is 4. The maximum atomic E-state index is 15.5. The molecule has 0 bridgehead atoms. The second-order valence-electron chi connectivity index (χ2n) is 15.7. The molecule has 306 valence electrons. The number of hydrazine groups is 1. The summed E-state index contributed by atoms with van der Waals surface area (Å²) < 4.78 is 17.0. The molecular formula is C47H36Cl2N4O8. The molecule has 2 saturated heterocycles. The summed E-state index contributed by atoms with van der Waals surface area (Å²) in [6, 6.07) is 31.0. The molecule has 6 unspecified atom stereocenters. The van der Waals surface area contributed by atoms with Crippen molar-refractivity contribution in [1.82, 2.24) is 9.99 Å². The standard InChI is InChI=1S/C47H36Cl2N4O8/c1-59-29-15-10-26(11-16-29)47-33(44(56)53(46(47)58)51-35-19-12-27(48)22-34(35)49)23-32-30(41(47)25-9-20-37(54)39(21-25)60-2)17-18-31-40(32)45(57)52(43(31)55)28-13-7-24(8-14-28)42-50-36-5-3-4-6-38(36)61-42/h3-17,19-22,31-33,40-41,51,54H,18,23H2,1-2H3. The van der Waals surface area contributed by atoms with Crippen molar-refractivity contribution in [3.8, 4) is 28.7 Å². The molecule has 2 aliphatic carbocycles. The van der Waals surface area contributed by atoms with Crippen LogP contribution in [0.15, 0.2) is 125 Å². The van der Waals surface area contributed by atoms with Gasteiger partial charge in [0.05, 0.1) is 53.8 Å². The molecule has 1 saturated carbocycles. The average Bonchev–Trinajstić information content (AvgIpc) is 3.89. The minimum Gasteiger partial charge on any atom is -0.504 e. The third-order valence-electron chi connectivity index (χ3n) is 12.8. The van der Waals surface area contributed by atoms with E-state index < -0.39 is 46.8 Å². The van der Waals surface area contributed by atoms with Crippen LogP contribution in [0.25, 0.3) is 22.6 Å². The number of oxazole rings is 1. The number of para-hydroxylation sites is 2. The highest BCUT2D eigenvalue weighted by molar-refractivity contribution is 6.36. The normalized spacial score (nSPS) is 24.4. The zero-order valence-electron chi connectivity index (χ0n) is 32.7. The van der Waals surface area contributed by atoms with Crippen molar-refractivity contribution < 1.29 is 38.2 Å². The lowest BCUT2D eigenvalue weighted by molar-refractivity contribution is -0.138. The number of hydrogen-bond donors (Lipinski definition) is 2. The Morgan fingerprint density at radius 1 is 0.836 bits per heavy atom. The van der Waals surface area contributed by atoms with Crippen LogP contribution in [0.2, 0.25) is 10.0 Å². The molecule has 2 aliphatic heterocycles. The minimum atomic E-state index is -1.59. The Morgan fingerprint density at radius 2 is 1.61 bits per heavy atom. The van der Waals surface area contributed by atoms with Crippen molar-refractivity contribution in [1.29, 1.82) is 0 Å². The van der Waals surface area contributed by atoms with E-state index in [1.807, 2.05) is 30.3 Å². The SMILES string of the molecule is COc1ccc(C23C(=O)N(Nc4ccc(Cl)cc4Cl)C(=O)C2CC2C(=CCC4C(=O)N(c5ccc(-c6nc7ccccc7o6)cc5)C(=O)C42)C3c2ccc(O)c(OC)c2)cc1. The van der Waals surface area contributed by atoms with E-state index in [4.69, 9.17) is 37.1 Å². The Bertz CT molecular complexity index is 2810. The van der Waals surface area contributed by atoms with Crippen molar-refractivity contribution in [2.24, 2.45) is 23.7 Å². The number of aromatic hydroxyl groups is 1. The fourth-order valence-corrected chi connectivity index (χ4v) is 10.5. The number of phenols is 1. The number of carbonyl (C=O) groups is 4. The number of nitrogens with one attached hydrogen (secondary N) is 1. The van der Waals surface area contributed by atoms with Gasteiger partial charge in [-0.25, -0.2) is 4.98 Å². The second-order valence-corrected chi connectivity index (χ2v) is 16.5. The highest BCUT2D eigenvalue weighted by Gasteiger charge is 2.70. The average molecular weight is 856 g/mol. The van der Waals surface area contributed by atoms with Gasteiger partial charge in [0.1, 0.15) is 11.3 Å². The van der Waals surface area contributed by atoms with Crippen LogP contribution < -0.4 is 19.8 Å². The fraction of sp³-hybridized carbons (Fsp3) is 0.213. The van der Waals surface area contributed by atoms with Gasteiger partial charge >= 0.3 is 0 Å². The van der Waals surface area contributed by atoms with Crippen LogP contribution in [-0.2, 0) is 24.6 Å². The summed E-state index contributed by atoms with van der Waals surface area (Å²) >= 11 is 12.8. The number of anilines is 2. The van der Waals surface area contributed by atoms with E-state index in [2.05, 4.69) is 10.4 Å². The lowest BCUT2D eigenvalue weighted by atomic mass is 9.49. The van der Waals surface area contributed by atoms with Crippen molar-refractivity contribution >= 4 is 69.3 Å². The molecule has 14 heteroatoms. The molecule has 6 atom stereocenters. The van der Waals surface area contributed by atoms with Gasteiger partial charge in [0.25, 0.3) is 11.8 Å². The molecule has 2 N–H and O–H groups in total. The van der Waals surface area contributed by atoms with Crippen molar-refractivity contribution in [3.63, 3.8) is 0 Å². The number of halogens is 2. The number of phenolic OH excluding ortho intramolecular Hbond substituents is 1. The number of ether oxygens (including phenoxy) is 2. The number of carbonyl (C=O) groups excluding carboxylic acids is 4. The number of allylic oxidation sites excluding steroid dienone is 2. The van der Waals surface area contributed by atoms with E-state index >= 15 is 9.59 Å². The number of methoxy groups -OCH3 is 2. The molecule has 0 spiro atoms. The molecule has 12 nitrogen and oxygen atoms in total. The predicted octanol–water partition coefficient (Wildman–Crippen LogP) is 8.71. The number of fused-ring (bicyclic) bond motifs is 5. The Balaban J connectivity index is 1.09. The maximum Gasteiger partial charge on any atom is 0.260 e. The molecular weight excluding hydrogens is 819 g/mol. The first-order valence-electron chi connectivity index (χ1n) is 19.7. The highest BCUT2D eigenvalue weighted by Crippen LogP contribution is 2.64. The minimum absolute atomic E-state index is 0.0748. The Hall–Kier alpha value is -6.63. The van der Waals surface area contributed by atoms with Crippen molar-refractivity contribution in [2.75, 3.05) is 24.5 Å². The van der Waals surface area contributed by atoms with Crippen LogP contribution in [0.1, 0.15) is 29.9 Å². The first-order chi connectivity index (χ1) is 29.5. The molecule has 0 radical (unpaired) electrons. The molecule has 3 fully saturated rings. The fourth-order valence-electron chi connectivity index (χ4n) is 10.1. The lowest BCUT2D eigenvalue weighted by Crippen LogP contribution is -2.53. The summed E-state index contributed by atoms with van der Waals surface area (Å²) in [7, 11) is 2.97. The van der Waals surface area contributed by atoms with E-state index in [9.17, 15) is 14.7 Å². The highest BCUT2D eigenvalue weighted by atomic mass is 35.5. The Morgan fingerprint density at radius 3 is 2.33 bits per heavy atom. The largest absolute Gasteiger partial charge is 0.504 e. The van der Waals surface area contributed by atoms with E-state index in [0.29, 0.717) is 50.1 Å². The van der Waals surface area contributed by atoms with Crippen LogP contribution in [0.3, 0.4) is 0 Å². The number of rotatable bonds is 8. The van der Waals surface area contributed by atoms with Crippen LogP contribution in [0, 0.1) is 23.7 Å². The molecule has 6 aromatic rings. The number of benzene rings is 5. The molecule has 61 heavy (non-hydrogen) atoms.